The second-order valence-electron chi connectivity index (χ2n) is 4.59. The number of nitrogens with two attached hydrogens (primary N) is 1. The Labute approximate surface area is 109 Å². The van der Waals surface area contributed by atoms with E-state index in [2.05, 4.69) is 26.0 Å². The summed E-state index contributed by atoms with van der Waals surface area (Å²) in [5, 5.41) is 0. The summed E-state index contributed by atoms with van der Waals surface area (Å²) in [6.07, 6.45) is 0. The molecule has 0 heterocycles. The van der Waals surface area contributed by atoms with Crippen molar-refractivity contribution in [2.75, 3.05) is 26.7 Å². The molecular formula is C14H22N2O2. The smallest absolute Gasteiger partial charge is 0.236 e. The van der Waals surface area contributed by atoms with Crippen molar-refractivity contribution in [3.8, 4) is 5.75 Å². The number of rotatable bonds is 6. The molecule has 0 unspecified atom stereocenters. The van der Waals surface area contributed by atoms with Gasteiger partial charge in [-0.3, -0.25) is 4.79 Å². The summed E-state index contributed by atoms with van der Waals surface area (Å²) in [5.41, 5.74) is 6.56. The van der Waals surface area contributed by atoms with Crippen molar-refractivity contribution in [2.45, 2.75) is 19.8 Å². The van der Waals surface area contributed by atoms with E-state index in [1.165, 1.54) is 5.56 Å². The first-order valence-electron chi connectivity index (χ1n) is 6.21. The molecule has 2 N–H and O–H groups in total. The average molecular weight is 250 g/mol. The van der Waals surface area contributed by atoms with Gasteiger partial charge in [0.1, 0.15) is 12.4 Å². The van der Waals surface area contributed by atoms with Crippen LogP contribution in [0.25, 0.3) is 0 Å². The number of nitrogens with zero attached hydrogens (tertiary/aromatic N) is 1. The van der Waals surface area contributed by atoms with Crippen molar-refractivity contribution in [2.24, 2.45) is 5.73 Å². The molecular weight excluding hydrogens is 228 g/mol. The normalized spacial score (nSPS) is 10.5. The Kier molecular flexibility index (Phi) is 5.65. The Morgan fingerprint density at radius 2 is 1.94 bits per heavy atom. The third-order valence-electron chi connectivity index (χ3n) is 2.84. The van der Waals surface area contributed by atoms with Crippen LogP contribution in [0, 0.1) is 0 Å². The number of amides is 1. The van der Waals surface area contributed by atoms with Gasteiger partial charge in [-0.15, -0.1) is 0 Å². The summed E-state index contributed by atoms with van der Waals surface area (Å²) in [5.74, 6) is 1.27. The van der Waals surface area contributed by atoms with E-state index < -0.39 is 0 Å². The first-order chi connectivity index (χ1) is 8.54. The molecule has 1 aromatic carbocycles. The minimum Gasteiger partial charge on any atom is -0.492 e. The molecule has 1 aromatic rings. The number of hydrogen-bond acceptors (Lipinski definition) is 3. The van der Waals surface area contributed by atoms with E-state index in [0.29, 0.717) is 19.1 Å². The molecule has 0 aliphatic rings. The lowest BCUT2D eigenvalue weighted by molar-refractivity contribution is -0.128. The zero-order valence-electron chi connectivity index (χ0n) is 11.3. The van der Waals surface area contributed by atoms with Gasteiger partial charge in [0.15, 0.2) is 0 Å². The number of likely N-dealkylation sites (N-methyl/N-ethyl adjacent to an activating group) is 1. The average Bonchev–Trinajstić information content (AvgIpc) is 2.38. The van der Waals surface area contributed by atoms with Crippen LogP contribution in [0.15, 0.2) is 24.3 Å². The molecule has 4 nitrogen and oxygen atoms in total. The van der Waals surface area contributed by atoms with Crippen LogP contribution in [0.4, 0.5) is 0 Å². The van der Waals surface area contributed by atoms with Gasteiger partial charge in [0.25, 0.3) is 0 Å². The second-order valence-corrected chi connectivity index (χ2v) is 4.59. The van der Waals surface area contributed by atoms with Crippen LogP contribution in [0.3, 0.4) is 0 Å². The molecule has 0 bridgehead atoms. The highest BCUT2D eigenvalue weighted by Crippen LogP contribution is 2.18. The largest absolute Gasteiger partial charge is 0.492 e. The molecule has 0 aliphatic heterocycles. The Bertz CT molecular complexity index is 374. The quantitative estimate of drug-likeness (QED) is 0.834. The molecule has 0 atom stereocenters. The van der Waals surface area contributed by atoms with Crippen LogP contribution >= 0.6 is 0 Å². The van der Waals surface area contributed by atoms with E-state index in [0.717, 1.165) is 5.75 Å². The monoisotopic (exact) mass is 250 g/mol. The summed E-state index contributed by atoms with van der Waals surface area (Å²) >= 11 is 0. The first kappa shape index (κ1) is 14.5. The number of ether oxygens (including phenoxy) is 1. The minimum absolute atomic E-state index is 0.0413. The van der Waals surface area contributed by atoms with Gasteiger partial charge in [-0.1, -0.05) is 26.0 Å². The third-order valence-corrected chi connectivity index (χ3v) is 2.84. The lowest BCUT2D eigenvalue weighted by Gasteiger charge is -2.16. The predicted molar refractivity (Wildman–Crippen MR) is 72.7 cm³/mol. The molecule has 4 heteroatoms. The summed E-state index contributed by atoms with van der Waals surface area (Å²) in [6.45, 7) is 5.37. The van der Waals surface area contributed by atoms with Gasteiger partial charge in [-0.25, -0.2) is 0 Å². The molecule has 1 rings (SSSR count). The Hall–Kier alpha value is -1.55. The fourth-order valence-electron chi connectivity index (χ4n) is 1.53. The summed E-state index contributed by atoms with van der Waals surface area (Å²) in [4.78, 5) is 12.8. The van der Waals surface area contributed by atoms with Crippen molar-refractivity contribution in [1.29, 1.82) is 0 Å². The van der Waals surface area contributed by atoms with Crippen molar-refractivity contribution in [1.82, 2.24) is 4.90 Å². The van der Waals surface area contributed by atoms with Gasteiger partial charge in [0, 0.05) is 7.05 Å². The van der Waals surface area contributed by atoms with E-state index in [1.54, 1.807) is 11.9 Å². The first-order valence-corrected chi connectivity index (χ1v) is 6.21. The molecule has 0 radical (unpaired) electrons. The van der Waals surface area contributed by atoms with Crippen LogP contribution in [-0.2, 0) is 4.79 Å². The molecule has 0 aliphatic carbocycles. The van der Waals surface area contributed by atoms with Crippen LogP contribution < -0.4 is 10.5 Å². The molecule has 0 aromatic heterocycles. The number of hydrogen-bond donors (Lipinski definition) is 1. The van der Waals surface area contributed by atoms with Gasteiger partial charge >= 0.3 is 0 Å². The number of benzene rings is 1. The SMILES string of the molecule is CC(C)c1ccc(OCCN(C)C(=O)CN)cc1. The van der Waals surface area contributed by atoms with Crippen molar-refractivity contribution in [3.63, 3.8) is 0 Å². The number of carbonyl (C=O) groups excluding carboxylic acids is 1. The lowest BCUT2D eigenvalue weighted by atomic mass is 10.0. The van der Waals surface area contributed by atoms with Crippen molar-refractivity contribution < 1.29 is 9.53 Å². The highest BCUT2D eigenvalue weighted by molar-refractivity contribution is 5.77. The zero-order chi connectivity index (χ0) is 13.5. The van der Waals surface area contributed by atoms with Crippen LogP contribution in [-0.4, -0.2) is 37.6 Å². The fourth-order valence-corrected chi connectivity index (χ4v) is 1.53. The van der Waals surface area contributed by atoms with E-state index >= 15 is 0 Å². The molecule has 0 spiro atoms. The Balaban J connectivity index is 2.38. The highest BCUT2D eigenvalue weighted by Gasteiger charge is 2.05. The zero-order valence-corrected chi connectivity index (χ0v) is 11.3. The Morgan fingerprint density at radius 1 is 1.33 bits per heavy atom. The highest BCUT2D eigenvalue weighted by atomic mass is 16.5. The second kappa shape index (κ2) is 7.01. The molecule has 0 fully saturated rings. The standard InChI is InChI=1S/C14H22N2O2/c1-11(2)12-4-6-13(7-5-12)18-9-8-16(3)14(17)10-15/h4-7,11H,8-10,15H2,1-3H3. The van der Waals surface area contributed by atoms with E-state index in [-0.39, 0.29) is 12.5 Å². The maximum absolute atomic E-state index is 11.2. The topological polar surface area (TPSA) is 55.6 Å². The molecule has 1 amide bonds. The predicted octanol–water partition coefficient (Wildman–Crippen LogP) is 1.61. The molecule has 100 valence electrons. The third kappa shape index (κ3) is 4.37. The van der Waals surface area contributed by atoms with Crippen LogP contribution in [0.2, 0.25) is 0 Å². The van der Waals surface area contributed by atoms with Gasteiger partial charge in [0.2, 0.25) is 5.91 Å². The summed E-state index contributed by atoms with van der Waals surface area (Å²) in [7, 11) is 1.72. The van der Waals surface area contributed by atoms with E-state index in [4.69, 9.17) is 10.5 Å². The minimum atomic E-state index is -0.0752. The van der Waals surface area contributed by atoms with Crippen LogP contribution in [0.5, 0.6) is 5.75 Å². The van der Waals surface area contributed by atoms with Crippen molar-refractivity contribution in [3.05, 3.63) is 29.8 Å². The summed E-state index contributed by atoms with van der Waals surface area (Å²) in [6, 6.07) is 8.05. The van der Waals surface area contributed by atoms with Crippen LogP contribution in [0.1, 0.15) is 25.3 Å². The van der Waals surface area contributed by atoms with Gasteiger partial charge in [-0.2, -0.15) is 0 Å². The molecule has 18 heavy (non-hydrogen) atoms. The molecule has 0 saturated heterocycles. The maximum Gasteiger partial charge on any atom is 0.236 e. The van der Waals surface area contributed by atoms with Gasteiger partial charge in [-0.05, 0) is 23.6 Å². The maximum atomic E-state index is 11.2. The Morgan fingerprint density at radius 3 is 2.44 bits per heavy atom. The number of carbonyl (C=O) groups is 1. The van der Waals surface area contributed by atoms with Gasteiger partial charge in [0.05, 0.1) is 13.1 Å². The van der Waals surface area contributed by atoms with Gasteiger partial charge < -0.3 is 15.4 Å². The summed E-state index contributed by atoms with van der Waals surface area (Å²) < 4.78 is 5.57. The molecule has 0 saturated carbocycles. The van der Waals surface area contributed by atoms with E-state index in [1.807, 2.05) is 12.1 Å². The van der Waals surface area contributed by atoms with E-state index in [9.17, 15) is 4.79 Å². The van der Waals surface area contributed by atoms with Crippen molar-refractivity contribution >= 4 is 5.91 Å². The lowest BCUT2D eigenvalue weighted by Crippen LogP contribution is -2.35. The fraction of sp³-hybridized carbons (Fsp3) is 0.500.